The van der Waals surface area contributed by atoms with Crippen molar-refractivity contribution in [1.29, 1.82) is 0 Å². The van der Waals surface area contributed by atoms with E-state index < -0.39 is 0 Å². The van der Waals surface area contributed by atoms with Crippen molar-refractivity contribution in [3.8, 4) is 0 Å². The summed E-state index contributed by atoms with van der Waals surface area (Å²) < 4.78 is 1.14. The first-order valence-corrected chi connectivity index (χ1v) is 7.56. The summed E-state index contributed by atoms with van der Waals surface area (Å²) in [5.41, 5.74) is 2.51. The van der Waals surface area contributed by atoms with Gasteiger partial charge in [0.25, 0.3) is 0 Å². The summed E-state index contributed by atoms with van der Waals surface area (Å²) in [7, 11) is 0. The van der Waals surface area contributed by atoms with E-state index >= 15 is 0 Å². The maximum Gasteiger partial charge on any atom is 0.0705 e. The van der Waals surface area contributed by atoms with E-state index in [1.54, 1.807) is 0 Å². The average Bonchev–Trinajstić information content (AvgIpc) is 2.38. The van der Waals surface area contributed by atoms with Crippen LogP contribution >= 0.6 is 15.9 Å². The molecule has 0 radical (unpaired) electrons. The number of unbranched alkanes of at least 4 members (excludes halogenated alkanes) is 2. The molecule has 0 fully saturated rings. The molecule has 0 spiro atoms. The monoisotopic (exact) mass is 305 g/mol. The number of halogens is 1. The maximum absolute atomic E-state index is 4.47. The molecular formula is C16H20BrN. The molecule has 2 rings (SSSR count). The minimum atomic E-state index is 0.582. The lowest BCUT2D eigenvalue weighted by atomic mass is 9.92. The zero-order valence-electron chi connectivity index (χ0n) is 11.1. The topological polar surface area (TPSA) is 12.9 Å². The highest BCUT2D eigenvalue weighted by Gasteiger charge is 2.13. The number of hydrogen-bond donors (Lipinski definition) is 0. The van der Waals surface area contributed by atoms with Crippen LogP contribution in [0.2, 0.25) is 0 Å². The number of fused-ring (bicyclic) bond motifs is 1. The van der Waals surface area contributed by atoms with Crippen LogP contribution in [0.4, 0.5) is 0 Å². The molecule has 0 aliphatic rings. The number of para-hydroxylation sites is 1. The van der Waals surface area contributed by atoms with E-state index in [2.05, 4.69) is 59.0 Å². The molecule has 18 heavy (non-hydrogen) atoms. The van der Waals surface area contributed by atoms with Crippen molar-refractivity contribution in [1.82, 2.24) is 4.98 Å². The molecule has 0 aliphatic heterocycles. The number of rotatable bonds is 5. The molecule has 0 aliphatic carbocycles. The predicted molar refractivity (Wildman–Crippen MR) is 82.0 cm³/mol. The SMILES string of the molecule is CCCCCC(C)c1c(Br)cnc2ccccc12. The third-order valence-electron chi connectivity index (χ3n) is 3.50. The minimum Gasteiger partial charge on any atom is -0.255 e. The van der Waals surface area contributed by atoms with Crippen LogP contribution in [0.15, 0.2) is 34.9 Å². The molecule has 1 aromatic carbocycles. The first-order chi connectivity index (χ1) is 8.74. The van der Waals surface area contributed by atoms with Gasteiger partial charge in [0.15, 0.2) is 0 Å². The molecule has 0 bridgehead atoms. The van der Waals surface area contributed by atoms with Gasteiger partial charge in [-0.2, -0.15) is 0 Å². The Bertz CT molecular complexity index is 521. The summed E-state index contributed by atoms with van der Waals surface area (Å²) in [5, 5.41) is 1.29. The molecule has 1 aromatic heterocycles. The number of aromatic nitrogens is 1. The molecule has 1 heterocycles. The molecule has 0 amide bonds. The van der Waals surface area contributed by atoms with Gasteiger partial charge in [-0.1, -0.05) is 51.3 Å². The van der Waals surface area contributed by atoms with Gasteiger partial charge in [0.05, 0.1) is 5.52 Å². The lowest BCUT2D eigenvalue weighted by Gasteiger charge is -2.16. The molecule has 1 unspecified atom stereocenters. The fraction of sp³-hybridized carbons (Fsp3) is 0.438. The van der Waals surface area contributed by atoms with Crippen molar-refractivity contribution < 1.29 is 0 Å². The molecule has 1 atom stereocenters. The summed E-state index contributed by atoms with van der Waals surface area (Å²) in [6.45, 7) is 4.57. The van der Waals surface area contributed by atoms with Gasteiger partial charge in [0.2, 0.25) is 0 Å². The fourth-order valence-electron chi connectivity index (χ4n) is 2.48. The van der Waals surface area contributed by atoms with E-state index in [9.17, 15) is 0 Å². The van der Waals surface area contributed by atoms with Crippen molar-refractivity contribution in [2.45, 2.75) is 45.4 Å². The van der Waals surface area contributed by atoms with Crippen LogP contribution in [0.5, 0.6) is 0 Å². The number of hydrogen-bond acceptors (Lipinski definition) is 1. The van der Waals surface area contributed by atoms with Crippen molar-refractivity contribution in [2.75, 3.05) is 0 Å². The molecule has 0 saturated carbocycles. The molecule has 2 heteroatoms. The van der Waals surface area contributed by atoms with E-state index in [0.29, 0.717) is 5.92 Å². The van der Waals surface area contributed by atoms with Crippen molar-refractivity contribution in [2.24, 2.45) is 0 Å². The summed E-state index contributed by atoms with van der Waals surface area (Å²) in [6.07, 6.45) is 7.10. The lowest BCUT2D eigenvalue weighted by molar-refractivity contribution is 0.599. The van der Waals surface area contributed by atoms with Gasteiger partial charge in [0.1, 0.15) is 0 Å². The highest BCUT2D eigenvalue weighted by Crippen LogP contribution is 2.33. The Morgan fingerprint density at radius 3 is 2.78 bits per heavy atom. The van der Waals surface area contributed by atoms with E-state index in [1.807, 2.05) is 6.20 Å². The normalized spacial score (nSPS) is 12.8. The molecule has 1 nitrogen and oxygen atoms in total. The Morgan fingerprint density at radius 1 is 1.22 bits per heavy atom. The Balaban J connectivity index is 2.33. The highest BCUT2D eigenvalue weighted by molar-refractivity contribution is 9.10. The van der Waals surface area contributed by atoms with Crippen LogP contribution in [-0.4, -0.2) is 4.98 Å². The first kappa shape index (κ1) is 13.5. The third-order valence-corrected chi connectivity index (χ3v) is 4.13. The Hall–Kier alpha value is -0.890. The number of benzene rings is 1. The van der Waals surface area contributed by atoms with Gasteiger partial charge in [-0.15, -0.1) is 0 Å². The third kappa shape index (κ3) is 2.92. The average molecular weight is 306 g/mol. The molecule has 0 N–H and O–H groups in total. The Kier molecular flexibility index (Phi) is 4.76. The minimum absolute atomic E-state index is 0.582. The standard InChI is InChI=1S/C16H20BrN/c1-3-4-5-8-12(2)16-13-9-6-7-10-15(13)18-11-14(16)17/h6-7,9-12H,3-5,8H2,1-2H3. The first-order valence-electron chi connectivity index (χ1n) is 6.77. The molecular weight excluding hydrogens is 286 g/mol. The Morgan fingerprint density at radius 2 is 2.00 bits per heavy atom. The fourth-order valence-corrected chi connectivity index (χ4v) is 3.19. The highest BCUT2D eigenvalue weighted by atomic mass is 79.9. The number of pyridine rings is 1. The van der Waals surface area contributed by atoms with Crippen LogP contribution in [0.1, 0.15) is 51.0 Å². The van der Waals surface area contributed by atoms with E-state index in [4.69, 9.17) is 0 Å². The summed E-state index contributed by atoms with van der Waals surface area (Å²) in [5.74, 6) is 0.582. The van der Waals surface area contributed by atoms with Crippen LogP contribution in [-0.2, 0) is 0 Å². The second kappa shape index (κ2) is 6.33. The second-order valence-corrected chi connectivity index (χ2v) is 5.79. The second-order valence-electron chi connectivity index (χ2n) is 4.93. The summed E-state index contributed by atoms with van der Waals surface area (Å²) in [6, 6.07) is 8.41. The molecule has 96 valence electrons. The van der Waals surface area contributed by atoms with Gasteiger partial charge in [-0.25, -0.2) is 0 Å². The maximum atomic E-state index is 4.47. The predicted octanol–water partition coefficient (Wildman–Crippen LogP) is 5.68. The molecule has 0 saturated heterocycles. The number of nitrogens with zero attached hydrogens (tertiary/aromatic N) is 1. The van der Waals surface area contributed by atoms with Crippen LogP contribution in [0, 0.1) is 0 Å². The van der Waals surface area contributed by atoms with Crippen LogP contribution in [0.25, 0.3) is 10.9 Å². The lowest BCUT2D eigenvalue weighted by Crippen LogP contribution is -1.98. The Labute approximate surface area is 118 Å². The van der Waals surface area contributed by atoms with Gasteiger partial charge in [0, 0.05) is 16.1 Å². The van der Waals surface area contributed by atoms with Crippen LogP contribution in [0.3, 0.4) is 0 Å². The van der Waals surface area contributed by atoms with Crippen molar-refractivity contribution in [3.05, 3.63) is 40.5 Å². The smallest absolute Gasteiger partial charge is 0.0705 e. The van der Waals surface area contributed by atoms with Crippen molar-refractivity contribution in [3.63, 3.8) is 0 Å². The van der Waals surface area contributed by atoms with E-state index in [-0.39, 0.29) is 0 Å². The largest absolute Gasteiger partial charge is 0.255 e. The zero-order chi connectivity index (χ0) is 13.0. The summed E-state index contributed by atoms with van der Waals surface area (Å²) >= 11 is 3.66. The zero-order valence-corrected chi connectivity index (χ0v) is 12.7. The van der Waals surface area contributed by atoms with Gasteiger partial charge in [-0.05, 0) is 39.9 Å². The van der Waals surface area contributed by atoms with E-state index in [1.165, 1.54) is 36.6 Å². The van der Waals surface area contributed by atoms with Crippen LogP contribution < -0.4 is 0 Å². The summed E-state index contributed by atoms with van der Waals surface area (Å²) in [4.78, 5) is 4.47. The van der Waals surface area contributed by atoms with Gasteiger partial charge < -0.3 is 0 Å². The van der Waals surface area contributed by atoms with E-state index in [0.717, 1.165) is 9.99 Å². The molecule has 2 aromatic rings. The van der Waals surface area contributed by atoms with Crippen molar-refractivity contribution >= 4 is 26.8 Å². The van der Waals surface area contributed by atoms with Gasteiger partial charge in [-0.3, -0.25) is 4.98 Å². The quantitative estimate of drug-likeness (QED) is 0.647. The van der Waals surface area contributed by atoms with Gasteiger partial charge >= 0.3 is 0 Å².